The van der Waals surface area contributed by atoms with Gasteiger partial charge in [-0.3, -0.25) is 14.2 Å². The number of ether oxygens (including phenoxy) is 2. The minimum Gasteiger partial charge on any atom is -0.466 e. The molecule has 0 unspecified atom stereocenters. The molecule has 8 nitrogen and oxygen atoms in total. The number of allylic oxidation sites excluding steroid dienone is 1. The molecule has 12 heteroatoms. The molecule has 1 amide bonds. The fourth-order valence-corrected chi connectivity index (χ4v) is 5.44. The van der Waals surface area contributed by atoms with E-state index in [0.29, 0.717) is 31.9 Å². The van der Waals surface area contributed by atoms with Gasteiger partial charge < -0.3 is 14.8 Å². The van der Waals surface area contributed by atoms with Crippen LogP contribution in [-0.4, -0.2) is 33.1 Å². The number of carbonyl (C=O) groups excluding carboxylic acids is 2. The molecular weight excluding hydrogens is 597 g/mol. The van der Waals surface area contributed by atoms with Crippen LogP contribution in [0.5, 0.6) is 5.75 Å². The molecule has 0 aliphatic carbocycles. The van der Waals surface area contributed by atoms with Gasteiger partial charge in [0.05, 0.1) is 28.5 Å². The number of esters is 1. The molecule has 1 N–H and O–H groups in total. The molecule has 0 saturated carbocycles. The number of alkyl halides is 3. The molecule has 4 rings (SSSR count). The van der Waals surface area contributed by atoms with E-state index in [1.54, 1.807) is 51.1 Å². The van der Waals surface area contributed by atoms with Crippen molar-refractivity contribution in [2.75, 3.05) is 6.61 Å². The molecule has 0 radical (unpaired) electrons. The number of thiazole rings is 1. The average molecular weight is 623 g/mol. The number of nitrogens with one attached hydrogen (secondary N) is 1. The van der Waals surface area contributed by atoms with Crippen LogP contribution in [-0.2, 0) is 14.3 Å². The monoisotopic (exact) mass is 621 g/mol. The van der Waals surface area contributed by atoms with Crippen LogP contribution in [0.15, 0.2) is 75.7 Å². The van der Waals surface area contributed by atoms with Crippen LogP contribution in [0.3, 0.4) is 0 Å². The number of rotatable bonds is 8. The summed E-state index contributed by atoms with van der Waals surface area (Å²) in [6.45, 7) is 5.35. The third-order valence-electron chi connectivity index (χ3n) is 5.97. The summed E-state index contributed by atoms with van der Waals surface area (Å²) in [5, 5.41) is 2.53. The van der Waals surface area contributed by atoms with Crippen LogP contribution in [0.25, 0.3) is 6.08 Å². The summed E-state index contributed by atoms with van der Waals surface area (Å²) < 4.78 is 11.1. The Morgan fingerprint density at radius 1 is 1.12 bits per heavy atom. The maximum atomic E-state index is 13.7. The van der Waals surface area contributed by atoms with Gasteiger partial charge in [0.25, 0.3) is 5.56 Å². The summed E-state index contributed by atoms with van der Waals surface area (Å²) >= 11 is 19.2. The van der Waals surface area contributed by atoms with E-state index in [-0.39, 0.29) is 24.5 Å². The van der Waals surface area contributed by atoms with E-state index < -0.39 is 22.0 Å². The Kier molecular flexibility index (Phi) is 9.41. The molecule has 2 aromatic carbocycles. The molecule has 40 heavy (non-hydrogen) atoms. The second-order valence-electron chi connectivity index (χ2n) is 8.74. The molecule has 1 aliphatic heterocycles. The average Bonchev–Trinajstić information content (AvgIpc) is 3.22. The van der Waals surface area contributed by atoms with E-state index in [1.807, 2.05) is 30.3 Å². The Balaban J connectivity index is 1.71. The van der Waals surface area contributed by atoms with Crippen LogP contribution >= 0.6 is 46.1 Å². The van der Waals surface area contributed by atoms with E-state index in [9.17, 15) is 14.4 Å². The summed E-state index contributed by atoms with van der Waals surface area (Å²) in [6, 6.07) is 15.4. The number of hydrogen-bond donors (Lipinski definition) is 1. The Labute approximate surface area is 249 Å². The molecule has 0 spiro atoms. The number of aromatic nitrogens is 1. The number of fused-ring (bicyclic) bond motifs is 1. The van der Waals surface area contributed by atoms with E-state index in [1.165, 1.54) is 15.9 Å². The van der Waals surface area contributed by atoms with Crippen molar-refractivity contribution < 1.29 is 19.1 Å². The quantitative estimate of drug-likeness (QED) is 0.228. The fraction of sp³-hybridized carbons (Fsp3) is 0.286. The van der Waals surface area contributed by atoms with Crippen molar-refractivity contribution in [3.63, 3.8) is 0 Å². The first-order valence-electron chi connectivity index (χ1n) is 12.4. The van der Waals surface area contributed by atoms with E-state index in [0.717, 1.165) is 5.56 Å². The SMILES string of the molecule is CCOC(=O)C1=C(C)N=c2s/c(=C/c3ccc(O[C@H](NC(=O)CC)C(Cl)(Cl)Cl)cc3)c(=O)n2[C@H]1c1ccccc1. The van der Waals surface area contributed by atoms with Crippen molar-refractivity contribution >= 4 is 64.1 Å². The molecular formula is C28H26Cl3N3O5S. The highest BCUT2D eigenvalue weighted by atomic mass is 35.6. The van der Waals surface area contributed by atoms with Crippen LogP contribution in [0.1, 0.15) is 44.4 Å². The topological polar surface area (TPSA) is 99.0 Å². The number of nitrogens with zero attached hydrogens (tertiary/aromatic N) is 2. The van der Waals surface area contributed by atoms with E-state index in [2.05, 4.69) is 10.3 Å². The van der Waals surface area contributed by atoms with Crippen LogP contribution in [0.2, 0.25) is 0 Å². The molecule has 0 fully saturated rings. The van der Waals surface area contributed by atoms with Gasteiger partial charge in [-0.25, -0.2) is 9.79 Å². The lowest BCUT2D eigenvalue weighted by Gasteiger charge is -2.26. The Morgan fingerprint density at radius 2 is 1.80 bits per heavy atom. The lowest BCUT2D eigenvalue weighted by Crippen LogP contribution is -2.47. The molecule has 210 valence electrons. The highest BCUT2D eigenvalue weighted by Gasteiger charge is 2.36. The largest absolute Gasteiger partial charge is 0.466 e. The van der Waals surface area contributed by atoms with Gasteiger partial charge >= 0.3 is 5.97 Å². The zero-order valence-electron chi connectivity index (χ0n) is 21.8. The molecule has 0 bridgehead atoms. The number of hydrogen-bond acceptors (Lipinski definition) is 7. The zero-order chi connectivity index (χ0) is 29.0. The zero-order valence-corrected chi connectivity index (χ0v) is 24.9. The number of halogens is 3. The van der Waals surface area contributed by atoms with Crippen LogP contribution in [0, 0.1) is 0 Å². The van der Waals surface area contributed by atoms with E-state index >= 15 is 0 Å². The molecule has 3 aromatic rings. The molecule has 1 aromatic heterocycles. The summed E-state index contributed by atoms with van der Waals surface area (Å²) in [7, 11) is 0. The molecule has 2 atom stereocenters. The minimum atomic E-state index is -1.90. The van der Waals surface area contributed by atoms with Gasteiger partial charge in [-0.05, 0) is 43.2 Å². The number of carbonyl (C=O) groups is 2. The summed E-state index contributed by atoms with van der Waals surface area (Å²) in [5.41, 5.74) is 2.02. The minimum absolute atomic E-state index is 0.197. The lowest BCUT2D eigenvalue weighted by molar-refractivity contribution is -0.139. The van der Waals surface area contributed by atoms with Crippen molar-refractivity contribution in [3.05, 3.63) is 96.7 Å². The van der Waals surface area contributed by atoms with Crippen LogP contribution in [0.4, 0.5) is 0 Å². The standard InChI is InChI=1S/C28H26Cl3N3O5S/c1-4-21(35)33-26(28(29,30)31)39-19-13-11-17(12-14-19)15-20-24(36)34-23(18-9-7-6-8-10-18)22(25(37)38-5-2)16(3)32-27(34)40-20/h6-15,23,26H,4-5H2,1-3H3,(H,33,35)/b20-15+/t23-,26-/m0/s1. The Bertz CT molecular complexity index is 1610. The third-order valence-corrected chi connectivity index (χ3v) is 7.55. The fourth-order valence-electron chi connectivity index (χ4n) is 4.10. The summed E-state index contributed by atoms with van der Waals surface area (Å²) in [5.74, 6) is -0.491. The first-order valence-corrected chi connectivity index (χ1v) is 14.4. The van der Waals surface area contributed by atoms with Crippen LogP contribution < -0.4 is 24.9 Å². The normalized spacial score (nSPS) is 16.1. The van der Waals surface area contributed by atoms with Crippen molar-refractivity contribution in [2.45, 2.75) is 43.3 Å². The summed E-state index contributed by atoms with van der Waals surface area (Å²) in [6.07, 6.45) is 0.724. The second-order valence-corrected chi connectivity index (χ2v) is 12.1. The Hall–Kier alpha value is -3.11. The highest BCUT2D eigenvalue weighted by Crippen LogP contribution is 2.32. The highest BCUT2D eigenvalue weighted by molar-refractivity contribution is 7.07. The van der Waals surface area contributed by atoms with Gasteiger partial charge in [-0.1, -0.05) is 95.5 Å². The van der Waals surface area contributed by atoms with Gasteiger partial charge in [0, 0.05) is 6.42 Å². The maximum absolute atomic E-state index is 13.7. The smallest absolute Gasteiger partial charge is 0.338 e. The van der Waals surface area contributed by atoms with Gasteiger partial charge in [-0.2, -0.15) is 0 Å². The maximum Gasteiger partial charge on any atom is 0.338 e. The van der Waals surface area contributed by atoms with Gasteiger partial charge in [0.15, 0.2) is 4.80 Å². The second kappa shape index (κ2) is 12.6. The number of benzene rings is 2. The predicted octanol–water partition coefficient (Wildman–Crippen LogP) is 4.40. The first-order chi connectivity index (χ1) is 19.0. The Morgan fingerprint density at radius 3 is 2.40 bits per heavy atom. The first kappa shape index (κ1) is 29.9. The van der Waals surface area contributed by atoms with Gasteiger partial charge in [0.1, 0.15) is 5.75 Å². The molecule has 0 saturated heterocycles. The van der Waals surface area contributed by atoms with Gasteiger partial charge in [0.2, 0.25) is 15.9 Å². The van der Waals surface area contributed by atoms with Crippen molar-refractivity contribution in [1.29, 1.82) is 0 Å². The van der Waals surface area contributed by atoms with Crippen molar-refractivity contribution in [3.8, 4) is 5.75 Å². The van der Waals surface area contributed by atoms with Gasteiger partial charge in [-0.15, -0.1) is 0 Å². The van der Waals surface area contributed by atoms with Crippen molar-refractivity contribution in [1.82, 2.24) is 9.88 Å². The predicted molar refractivity (Wildman–Crippen MR) is 156 cm³/mol. The molecule has 1 aliphatic rings. The van der Waals surface area contributed by atoms with E-state index in [4.69, 9.17) is 44.3 Å². The lowest BCUT2D eigenvalue weighted by atomic mass is 9.96. The number of amides is 1. The third kappa shape index (κ3) is 6.61. The molecule has 2 heterocycles. The summed E-state index contributed by atoms with van der Waals surface area (Å²) in [4.78, 5) is 43.5. The van der Waals surface area contributed by atoms with Crippen molar-refractivity contribution in [2.24, 2.45) is 4.99 Å².